The predicted molar refractivity (Wildman–Crippen MR) is 115 cm³/mol. The molecule has 4 rings (SSSR count). The summed E-state index contributed by atoms with van der Waals surface area (Å²) >= 11 is 2.62. The second-order valence-electron chi connectivity index (χ2n) is 6.75. The first kappa shape index (κ1) is 20.5. The van der Waals surface area contributed by atoms with E-state index in [0.717, 1.165) is 24.4 Å². The van der Waals surface area contributed by atoms with Crippen molar-refractivity contribution in [2.24, 2.45) is 0 Å². The number of thioether (sulfide) groups is 1. The Kier molecular flexibility index (Phi) is 6.44. The first-order valence-corrected chi connectivity index (χ1v) is 11.5. The maximum atomic E-state index is 12.4. The number of para-hydroxylation sites is 1. The molecule has 0 atom stereocenters. The lowest BCUT2D eigenvalue weighted by molar-refractivity contribution is -0.142. The van der Waals surface area contributed by atoms with Crippen LogP contribution in [0.5, 0.6) is 0 Å². The van der Waals surface area contributed by atoms with Crippen molar-refractivity contribution in [3.63, 3.8) is 0 Å². The van der Waals surface area contributed by atoms with Crippen molar-refractivity contribution in [3.05, 3.63) is 47.2 Å². The van der Waals surface area contributed by atoms with Gasteiger partial charge in [-0.1, -0.05) is 30.0 Å². The number of anilines is 1. The second kappa shape index (κ2) is 9.40. The number of benzene rings is 1. The van der Waals surface area contributed by atoms with Crippen LogP contribution in [0.15, 0.2) is 40.9 Å². The van der Waals surface area contributed by atoms with Crippen molar-refractivity contribution in [3.8, 4) is 5.69 Å². The average molecular weight is 444 g/mol. The third-order valence-corrected chi connectivity index (χ3v) is 6.11. The lowest BCUT2D eigenvalue weighted by Crippen LogP contribution is -2.15. The van der Waals surface area contributed by atoms with Crippen LogP contribution in [-0.4, -0.2) is 44.0 Å². The summed E-state index contributed by atoms with van der Waals surface area (Å²) in [7, 11) is 0. The summed E-state index contributed by atoms with van der Waals surface area (Å²) < 4.78 is 6.95. The fourth-order valence-electron chi connectivity index (χ4n) is 2.89. The molecule has 8 nitrogen and oxygen atoms in total. The number of esters is 1. The third-order valence-electron chi connectivity index (χ3n) is 4.38. The molecule has 2 heterocycles. The molecular weight excluding hydrogens is 422 g/mol. The molecular formula is C20H21N5O3S2. The van der Waals surface area contributed by atoms with Crippen molar-refractivity contribution >= 4 is 40.1 Å². The summed E-state index contributed by atoms with van der Waals surface area (Å²) in [5.74, 6) is 1.06. The Labute approximate surface area is 182 Å². The number of thiazole rings is 1. The fraction of sp³-hybridized carbons (Fsp3) is 0.350. The monoisotopic (exact) mass is 443 g/mol. The van der Waals surface area contributed by atoms with Crippen molar-refractivity contribution in [2.75, 3.05) is 17.7 Å². The Morgan fingerprint density at radius 3 is 2.80 bits per heavy atom. The van der Waals surface area contributed by atoms with E-state index in [1.807, 2.05) is 34.9 Å². The zero-order valence-electron chi connectivity index (χ0n) is 16.4. The Morgan fingerprint density at radius 2 is 2.07 bits per heavy atom. The number of nitrogens with one attached hydrogen (secondary N) is 1. The molecule has 0 unspecified atom stereocenters. The van der Waals surface area contributed by atoms with E-state index in [0.29, 0.717) is 28.5 Å². The summed E-state index contributed by atoms with van der Waals surface area (Å²) in [6.45, 7) is 2.09. The molecule has 3 aromatic rings. The molecule has 156 valence electrons. The normalized spacial score (nSPS) is 13.2. The maximum absolute atomic E-state index is 12.4. The van der Waals surface area contributed by atoms with E-state index >= 15 is 0 Å². The van der Waals surface area contributed by atoms with Gasteiger partial charge in [0.05, 0.1) is 24.5 Å². The van der Waals surface area contributed by atoms with E-state index < -0.39 is 0 Å². The molecule has 0 bridgehead atoms. The quantitative estimate of drug-likeness (QED) is 0.399. The molecule has 1 amide bonds. The minimum absolute atomic E-state index is 0.0963. The van der Waals surface area contributed by atoms with Gasteiger partial charge in [0.1, 0.15) is 5.82 Å². The molecule has 30 heavy (non-hydrogen) atoms. The Balaban J connectivity index is 1.38. The Bertz CT molecular complexity index is 1030. The smallest absolute Gasteiger partial charge is 0.311 e. The molecule has 1 fully saturated rings. The van der Waals surface area contributed by atoms with Gasteiger partial charge < -0.3 is 10.1 Å². The van der Waals surface area contributed by atoms with Crippen LogP contribution in [0, 0.1) is 0 Å². The van der Waals surface area contributed by atoms with E-state index in [9.17, 15) is 9.59 Å². The molecule has 0 spiro atoms. The molecule has 0 radical (unpaired) electrons. The van der Waals surface area contributed by atoms with E-state index in [-0.39, 0.29) is 24.1 Å². The Hall–Kier alpha value is -2.72. The van der Waals surface area contributed by atoms with Crippen molar-refractivity contribution in [2.45, 2.75) is 37.3 Å². The van der Waals surface area contributed by atoms with Gasteiger partial charge >= 0.3 is 5.97 Å². The van der Waals surface area contributed by atoms with Gasteiger partial charge in [-0.25, -0.2) is 4.98 Å². The Morgan fingerprint density at radius 1 is 1.27 bits per heavy atom. The van der Waals surface area contributed by atoms with Crippen LogP contribution < -0.4 is 5.32 Å². The topological polar surface area (TPSA) is 99.0 Å². The van der Waals surface area contributed by atoms with Gasteiger partial charge in [0.25, 0.3) is 0 Å². The lowest BCUT2D eigenvalue weighted by atomic mass is 10.3. The molecule has 1 N–H and O–H groups in total. The van der Waals surface area contributed by atoms with Crippen LogP contribution in [0.4, 0.5) is 5.13 Å². The summed E-state index contributed by atoms with van der Waals surface area (Å²) in [5, 5.41) is 14.4. The van der Waals surface area contributed by atoms with E-state index in [4.69, 9.17) is 4.74 Å². The third kappa shape index (κ3) is 5.06. The van der Waals surface area contributed by atoms with Crippen LogP contribution >= 0.6 is 23.1 Å². The number of aromatic nitrogens is 4. The van der Waals surface area contributed by atoms with Gasteiger partial charge in [-0.3, -0.25) is 14.2 Å². The van der Waals surface area contributed by atoms with Gasteiger partial charge in [-0.15, -0.1) is 21.5 Å². The number of hydrogen-bond donors (Lipinski definition) is 1. The van der Waals surface area contributed by atoms with Gasteiger partial charge in [-0.05, 0) is 31.9 Å². The highest BCUT2D eigenvalue weighted by Crippen LogP contribution is 2.41. The number of amides is 1. The minimum atomic E-state index is -0.331. The van der Waals surface area contributed by atoms with Crippen LogP contribution in [0.25, 0.3) is 5.69 Å². The minimum Gasteiger partial charge on any atom is -0.466 e. The maximum Gasteiger partial charge on any atom is 0.311 e. The van der Waals surface area contributed by atoms with Crippen molar-refractivity contribution in [1.82, 2.24) is 19.7 Å². The average Bonchev–Trinajstić information content (AvgIpc) is 3.35. The largest absolute Gasteiger partial charge is 0.466 e. The number of carbonyl (C=O) groups excluding carboxylic acids is 2. The van der Waals surface area contributed by atoms with E-state index in [1.165, 1.54) is 23.1 Å². The van der Waals surface area contributed by atoms with Crippen LogP contribution in [0.1, 0.15) is 37.2 Å². The summed E-state index contributed by atoms with van der Waals surface area (Å²) in [6, 6.07) is 9.95. The van der Waals surface area contributed by atoms with E-state index in [1.54, 1.807) is 12.3 Å². The van der Waals surface area contributed by atoms with Crippen molar-refractivity contribution < 1.29 is 14.3 Å². The highest BCUT2D eigenvalue weighted by molar-refractivity contribution is 7.99. The first-order valence-electron chi connectivity index (χ1n) is 9.67. The van der Waals surface area contributed by atoms with Crippen LogP contribution in [-0.2, 0) is 20.7 Å². The first-order chi connectivity index (χ1) is 14.6. The number of nitrogens with zero attached hydrogens (tertiary/aromatic N) is 4. The van der Waals surface area contributed by atoms with Crippen molar-refractivity contribution in [1.29, 1.82) is 0 Å². The SMILES string of the molecule is CCOC(=O)Cc1csc(NC(=O)CSc2nnc(C3CC3)n2-c2ccccc2)n1. The molecule has 1 aromatic carbocycles. The highest BCUT2D eigenvalue weighted by Gasteiger charge is 2.31. The summed E-state index contributed by atoms with van der Waals surface area (Å²) in [6.07, 6.45) is 2.34. The molecule has 1 aliphatic rings. The molecule has 1 saturated carbocycles. The van der Waals surface area contributed by atoms with Gasteiger partial charge in [-0.2, -0.15) is 0 Å². The zero-order valence-corrected chi connectivity index (χ0v) is 18.0. The van der Waals surface area contributed by atoms with Gasteiger partial charge in [0.2, 0.25) is 5.91 Å². The molecule has 10 heteroatoms. The highest BCUT2D eigenvalue weighted by atomic mass is 32.2. The second-order valence-corrected chi connectivity index (χ2v) is 8.55. The van der Waals surface area contributed by atoms with E-state index in [2.05, 4.69) is 20.5 Å². The molecule has 0 saturated heterocycles. The van der Waals surface area contributed by atoms with Crippen LogP contribution in [0.3, 0.4) is 0 Å². The number of carbonyl (C=O) groups is 2. The van der Waals surface area contributed by atoms with Gasteiger partial charge in [0.15, 0.2) is 10.3 Å². The number of hydrogen-bond acceptors (Lipinski definition) is 8. The van der Waals surface area contributed by atoms with Crippen LogP contribution in [0.2, 0.25) is 0 Å². The predicted octanol–water partition coefficient (Wildman–Crippen LogP) is 3.44. The molecule has 1 aliphatic carbocycles. The van der Waals surface area contributed by atoms with Gasteiger partial charge in [0, 0.05) is 17.0 Å². The number of rotatable bonds is 9. The molecule has 0 aliphatic heterocycles. The zero-order chi connectivity index (χ0) is 20.9. The summed E-state index contributed by atoms with van der Waals surface area (Å²) in [5.41, 5.74) is 1.58. The lowest BCUT2D eigenvalue weighted by Gasteiger charge is -2.09. The fourth-order valence-corrected chi connectivity index (χ4v) is 4.38. The molecule has 2 aromatic heterocycles. The summed E-state index contributed by atoms with van der Waals surface area (Å²) in [4.78, 5) is 28.2. The standard InChI is InChI=1S/C20H21N5O3S2/c1-2-28-17(27)10-14-11-29-19(21-14)22-16(26)12-30-20-24-23-18(13-8-9-13)25(20)15-6-4-3-5-7-15/h3-7,11,13H,2,8-10,12H2,1H3,(H,21,22,26). The number of ether oxygens (including phenoxy) is 1.